The second-order valence-corrected chi connectivity index (χ2v) is 10.8. The molecule has 156 valence electrons. The third kappa shape index (κ3) is 4.70. The van der Waals surface area contributed by atoms with Gasteiger partial charge in [0.25, 0.3) is 5.91 Å². The largest absolute Gasteiger partial charge is 0.337 e. The van der Waals surface area contributed by atoms with Gasteiger partial charge in [-0.2, -0.15) is 4.31 Å². The highest BCUT2D eigenvalue weighted by molar-refractivity contribution is 7.89. The van der Waals surface area contributed by atoms with Crippen molar-refractivity contribution in [2.24, 2.45) is 11.8 Å². The van der Waals surface area contributed by atoms with Crippen molar-refractivity contribution in [3.05, 3.63) is 29.3 Å². The summed E-state index contributed by atoms with van der Waals surface area (Å²) in [5.41, 5.74) is 0. The molecule has 2 saturated heterocycles. The van der Waals surface area contributed by atoms with Crippen LogP contribution >= 0.6 is 11.6 Å². The molecule has 3 atom stereocenters. The third-order valence-corrected chi connectivity index (χ3v) is 8.09. The van der Waals surface area contributed by atoms with E-state index in [0.29, 0.717) is 43.0 Å². The van der Waals surface area contributed by atoms with Crippen LogP contribution in [0.25, 0.3) is 0 Å². The summed E-state index contributed by atoms with van der Waals surface area (Å²) in [5.74, 6) is 1.27. The number of piperazine rings is 1. The molecule has 8 heteroatoms. The Labute approximate surface area is 173 Å². The summed E-state index contributed by atoms with van der Waals surface area (Å²) in [4.78, 5) is 16.4. The van der Waals surface area contributed by atoms with Crippen molar-refractivity contribution in [3.63, 3.8) is 0 Å². The number of sulfonamides is 1. The molecule has 28 heavy (non-hydrogen) atoms. The minimum atomic E-state index is -3.55. The zero-order chi connectivity index (χ0) is 20.5. The van der Waals surface area contributed by atoms with Crippen LogP contribution < -0.4 is 4.90 Å². The lowest BCUT2D eigenvalue weighted by molar-refractivity contribution is -0.918. The Morgan fingerprint density at radius 2 is 1.79 bits per heavy atom. The molecule has 2 aliphatic rings. The molecule has 3 rings (SSSR count). The number of hydrogen-bond donors (Lipinski definition) is 1. The fraction of sp³-hybridized carbons (Fsp3) is 0.650. The summed E-state index contributed by atoms with van der Waals surface area (Å²) in [5, 5.41) is 0.412. The first-order valence-corrected chi connectivity index (χ1v) is 11.9. The van der Waals surface area contributed by atoms with E-state index < -0.39 is 10.0 Å². The van der Waals surface area contributed by atoms with Crippen molar-refractivity contribution in [1.29, 1.82) is 0 Å². The second kappa shape index (κ2) is 8.69. The van der Waals surface area contributed by atoms with Crippen LogP contribution in [0.1, 0.15) is 27.2 Å². The Balaban J connectivity index is 1.61. The summed E-state index contributed by atoms with van der Waals surface area (Å²) in [6, 6.07) is 6.23. The van der Waals surface area contributed by atoms with Gasteiger partial charge in [0.15, 0.2) is 6.04 Å². The third-order valence-electron chi connectivity index (χ3n) is 5.96. The van der Waals surface area contributed by atoms with Crippen LogP contribution in [0.4, 0.5) is 0 Å². The van der Waals surface area contributed by atoms with Crippen molar-refractivity contribution < 1.29 is 18.1 Å². The maximum atomic E-state index is 13.0. The number of quaternary nitrogens is 1. The van der Waals surface area contributed by atoms with E-state index in [1.54, 1.807) is 18.2 Å². The first kappa shape index (κ1) is 21.6. The SMILES string of the molecule is C[C@H]1C[C@H](C)CN(C(=O)[C@@H](C)[NH+]2CCN(S(=O)(=O)c3cccc(Cl)c3)CC2)C1. The highest BCUT2D eigenvalue weighted by Gasteiger charge is 2.37. The highest BCUT2D eigenvalue weighted by atomic mass is 35.5. The van der Waals surface area contributed by atoms with Gasteiger partial charge in [0, 0.05) is 18.1 Å². The molecule has 0 aromatic heterocycles. The number of likely N-dealkylation sites (tertiary alicyclic amines) is 1. The first-order chi connectivity index (χ1) is 13.2. The van der Waals surface area contributed by atoms with Gasteiger partial charge in [-0.3, -0.25) is 4.79 Å². The van der Waals surface area contributed by atoms with Crippen LogP contribution in [0.15, 0.2) is 29.2 Å². The Morgan fingerprint density at radius 3 is 2.36 bits per heavy atom. The highest BCUT2D eigenvalue weighted by Crippen LogP contribution is 2.22. The van der Waals surface area contributed by atoms with Crippen molar-refractivity contribution >= 4 is 27.5 Å². The number of nitrogens with zero attached hydrogens (tertiary/aromatic N) is 2. The zero-order valence-corrected chi connectivity index (χ0v) is 18.5. The molecule has 0 unspecified atom stereocenters. The lowest BCUT2D eigenvalue weighted by Gasteiger charge is -2.39. The Bertz CT molecular complexity index is 799. The number of carbonyl (C=O) groups excluding carboxylic acids is 1. The van der Waals surface area contributed by atoms with Crippen molar-refractivity contribution in [2.45, 2.75) is 38.1 Å². The van der Waals surface area contributed by atoms with Crippen molar-refractivity contribution in [3.8, 4) is 0 Å². The smallest absolute Gasteiger partial charge is 0.280 e. The van der Waals surface area contributed by atoms with Crippen LogP contribution in [0.3, 0.4) is 0 Å². The number of benzene rings is 1. The number of hydrogen-bond acceptors (Lipinski definition) is 3. The summed E-state index contributed by atoms with van der Waals surface area (Å²) in [6.45, 7) is 10.1. The van der Waals surface area contributed by atoms with Crippen LogP contribution in [0, 0.1) is 11.8 Å². The molecule has 2 fully saturated rings. The van der Waals surface area contributed by atoms with Gasteiger partial charge in [-0.15, -0.1) is 0 Å². The lowest BCUT2D eigenvalue weighted by Crippen LogP contribution is -3.19. The zero-order valence-electron chi connectivity index (χ0n) is 16.9. The van der Waals surface area contributed by atoms with E-state index in [2.05, 4.69) is 13.8 Å². The van der Waals surface area contributed by atoms with Gasteiger partial charge in [-0.05, 0) is 43.4 Å². The van der Waals surface area contributed by atoms with E-state index in [1.807, 2.05) is 11.8 Å². The first-order valence-electron chi connectivity index (χ1n) is 10.1. The van der Waals surface area contributed by atoms with Gasteiger partial charge in [-0.25, -0.2) is 8.42 Å². The minimum Gasteiger partial charge on any atom is -0.337 e. The van der Waals surface area contributed by atoms with Gasteiger partial charge in [-0.1, -0.05) is 31.5 Å². The quantitative estimate of drug-likeness (QED) is 0.781. The van der Waals surface area contributed by atoms with E-state index in [0.717, 1.165) is 18.0 Å². The fourth-order valence-electron chi connectivity index (χ4n) is 4.51. The normalized spacial score (nSPS) is 26.2. The molecule has 2 aliphatic heterocycles. The van der Waals surface area contributed by atoms with Crippen LogP contribution in [0.5, 0.6) is 0 Å². The Hall–Kier alpha value is -1.15. The molecule has 0 spiro atoms. The topological polar surface area (TPSA) is 62.1 Å². The molecule has 0 bridgehead atoms. The molecule has 0 saturated carbocycles. The maximum Gasteiger partial charge on any atom is 0.280 e. The number of piperidine rings is 1. The molecule has 0 aliphatic carbocycles. The summed E-state index contributed by atoms with van der Waals surface area (Å²) >= 11 is 5.95. The predicted molar refractivity (Wildman–Crippen MR) is 110 cm³/mol. The molecule has 1 aromatic carbocycles. The number of halogens is 1. The van der Waals surface area contributed by atoms with Gasteiger partial charge in [0.2, 0.25) is 10.0 Å². The van der Waals surface area contributed by atoms with Gasteiger partial charge >= 0.3 is 0 Å². The maximum absolute atomic E-state index is 13.0. The summed E-state index contributed by atoms with van der Waals surface area (Å²) in [7, 11) is -3.55. The van der Waals surface area contributed by atoms with Gasteiger partial charge < -0.3 is 9.80 Å². The van der Waals surface area contributed by atoms with E-state index in [-0.39, 0.29) is 16.8 Å². The molecular weight excluding hydrogens is 398 g/mol. The molecule has 6 nitrogen and oxygen atoms in total. The number of amides is 1. The number of carbonyl (C=O) groups is 1. The number of rotatable bonds is 4. The van der Waals surface area contributed by atoms with Crippen LogP contribution in [0.2, 0.25) is 5.02 Å². The average molecular weight is 429 g/mol. The van der Waals surface area contributed by atoms with Crippen LogP contribution in [-0.2, 0) is 14.8 Å². The summed E-state index contributed by atoms with van der Waals surface area (Å²) < 4.78 is 27.2. The monoisotopic (exact) mass is 428 g/mol. The Kier molecular flexibility index (Phi) is 6.69. The van der Waals surface area contributed by atoms with Crippen LogP contribution in [-0.4, -0.2) is 68.8 Å². The summed E-state index contributed by atoms with van der Waals surface area (Å²) in [6.07, 6.45) is 1.17. The number of nitrogens with one attached hydrogen (secondary N) is 1. The lowest BCUT2D eigenvalue weighted by atomic mass is 9.91. The molecule has 1 N–H and O–H groups in total. The van der Waals surface area contributed by atoms with Crippen molar-refractivity contribution in [2.75, 3.05) is 39.3 Å². The van der Waals surface area contributed by atoms with Crippen molar-refractivity contribution in [1.82, 2.24) is 9.21 Å². The molecule has 1 aromatic rings. The minimum absolute atomic E-state index is 0.145. The average Bonchev–Trinajstić information content (AvgIpc) is 2.66. The molecule has 0 radical (unpaired) electrons. The molecule has 1 amide bonds. The van der Waals surface area contributed by atoms with E-state index in [9.17, 15) is 13.2 Å². The standard InChI is InChI=1S/C20H30ClN3O3S/c1-15-11-16(2)14-23(13-15)20(25)17(3)22-7-9-24(10-8-22)28(26,27)19-6-4-5-18(21)12-19/h4-6,12,15-17H,7-11,13-14H2,1-3H3/p+1/t15-,16-,17+/m0/s1. The van der Waals surface area contributed by atoms with E-state index >= 15 is 0 Å². The Morgan fingerprint density at radius 1 is 1.18 bits per heavy atom. The molecular formula is C20H31ClN3O3S+. The van der Waals surface area contributed by atoms with Gasteiger partial charge in [0.05, 0.1) is 31.1 Å². The molecule has 2 heterocycles. The van der Waals surface area contributed by atoms with Gasteiger partial charge in [0.1, 0.15) is 0 Å². The van der Waals surface area contributed by atoms with E-state index in [4.69, 9.17) is 11.6 Å². The predicted octanol–water partition coefficient (Wildman–Crippen LogP) is 1.12. The second-order valence-electron chi connectivity index (χ2n) is 8.43. The fourth-order valence-corrected chi connectivity index (χ4v) is 6.26. The van der Waals surface area contributed by atoms with E-state index in [1.165, 1.54) is 16.8 Å².